The number of halogens is 1. The van der Waals surface area contributed by atoms with Gasteiger partial charge in [0.05, 0.1) is 40.3 Å². The van der Waals surface area contributed by atoms with Crippen molar-refractivity contribution in [2.75, 3.05) is 26.8 Å². The van der Waals surface area contributed by atoms with Crippen molar-refractivity contribution in [1.82, 2.24) is 14.5 Å². The molecule has 1 aromatic heterocycles. The Balaban J connectivity index is 0.00000118. The van der Waals surface area contributed by atoms with Crippen LogP contribution < -0.4 is 9.47 Å². The van der Waals surface area contributed by atoms with E-state index in [0.717, 1.165) is 59.9 Å². The number of methoxy groups -OCH3 is 1. The summed E-state index contributed by atoms with van der Waals surface area (Å²) in [6, 6.07) is 18.8. The van der Waals surface area contributed by atoms with Crippen molar-refractivity contribution in [1.29, 1.82) is 0 Å². The number of imidazole rings is 1. The molecule has 0 spiro atoms. The number of benzene rings is 3. The average molecular weight is 608 g/mol. The van der Waals surface area contributed by atoms with E-state index >= 15 is 0 Å². The van der Waals surface area contributed by atoms with Gasteiger partial charge in [0.1, 0.15) is 5.82 Å². The van der Waals surface area contributed by atoms with Crippen LogP contribution in [0.15, 0.2) is 60.7 Å². The summed E-state index contributed by atoms with van der Waals surface area (Å²) in [6.45, 7) is 5.29. The van der Waals surface area contributed by atoms with Crippen molar-refractivity contribution in [3.05, 3.63) is 88.2 Å². The standard InChI is InChI=1S/C31H32ClN3O5.CH2O2/c1-31(23-7-3-4-8-24(23)32)39-27-9-5-6-22(29(27)40-31)20-12-14-34(15-13-20)19-28-33-25-11-10-21(30(36)37)18-26(25)35(28)16-17-38-2;2-1-3/h3-11,18,20H,12-17,19H2,1-2H3,(H,36,37);1H,(H,2,3). The summed E-state index contributed by atoms with van der Waals surface area (Å²) >= 11 is 6.49. The minimum atomic E-state index is -0.973. The molecule has 6 rings (SSSR count). The third-order valence-electron chi connectivity index (χ3n) is 7.96. The van der Waals surface area contributed by atoms with Crippen molar-refractivity contribution in [2.24, 2.45) is 0 Å². The van der Waals surface area contributed by atoms with Gasteiger partial charge in [-0.25, -0.2) is 9.78 Å². The summed E-state index contributed by atoms with van der Waals surface area (Å²) < 4.78 is 20.2. The van der Waals surface area contributed by atoms with Gasteiger partial charge in [-0.1, -0.05) is 35.9 Å². The second-order valence-electron chi connectivity index (χ2n) is 10.6. The van der Waals surface area contributed by atoms with Crippen molar-refractivity contribution < 1.29 is 34.0 Å². The number of carboxylic acids is 1. The maximum Gasteiger partial charge on any atom is 0.335 e. The van der Waals surface area contributed by atoms with Crippen molar-refractivity contribution >= 4 is 35.1 Å². The summed E-state index contributed by atoms with van der Waals surface area (Å²) in [5, 5.41) is 17.0. The zero-order valence-corrected chi connectivity index (χ0v) is 24.8. The molecule has 0 amide bonds. The Morgan fingerprint density at radius 1 is 1.14 bits per heavy atom. The number of carboxylic acid groups (broad SMARTS) is 2. The number of para-hydroxylation sites is 1. The van der Waals surface area contributed by atoms with Gasteiger partial charge < -0.3 is 29.0 Å². The number of piperidine rings is 1. The predicted octanol–water partition coefficient (Wildman–Crippen LogP) is 5.76. The van der Waals surface area contributed by atoms with E-state index in [-0.39, 0.29) is 12.0 Å². The van der Waals surface area contributed by atoms with Crippen LogP contribution >= 0.6 is 11.6 Å². The van der Waals surface area contributed by atoms with Crippen LogP contribution in [0.3, 0.4) is 0 Å². The Morgan fingerprint density at radius 3 is 2.58 bits per heavy atom. The molecule has 10 nitrogen and oxygen atoms in total. The first-order chi connectivity index (χ1) is 20.8. The van der Waals surface area contributed by atoms with Crippen molar-refractivity contribution in [3.63, 3.8) is 0 Å². The molecule has 1 atom stereocenters. The van der Waals surface area contributed by atoms with Crippen LogP contribution in [0.4, 0.5) is 0 Å². The molecule has 3 aromatic carbocycles. The Kier molecular flexibility index (Phi) is 9.19. The van der Waals surface area contributed by atoms with Gasteiger partial charge in [0.25, 0.3) is 12.3 Å². The molecule has 0 radical (unpaired) electrons. The third-order valence-corrected chi connectivity index (χ3v) is 8.29. The first-order valence-corrected chi connectivity index (χ1v) is 14.4. The monoisotopic (exact) mass is 607 g/mol. The Morgan fingerprint density at radius 2 is 1.88 bits per heavy atom. The lowest BCUT2D eigenvalue weighted by atomic mass is 9.88. The van der Waals surface area contributed by atoms with Gasteiger partial charge in [0.15, 0.2) is 11.5 Å². The highest BCUT2D eigenvalue weighted by atomic mass is 35.5. The lowest BCUT2D eigenvalue weighted by molar-refractivity contribution is -0.122. The molecule has 4 aromatic rings. The molecule has 1 unspecified atom stereocenters. The van der Waals surface area contributed by atoms with Gasteiger partial charge in [-0.2, -0.15) is 0 Å². The van der Waals surface area contributed by atoms with Crippen molar-refractivity contribution in [3.8, 4) is 11.5 Å². The summed E-state index contributed by atoms with van der Waals surface area (Å²) in [5.74, 6) is 0.891. The van der Waals surface area contributed by atoms with Crippen LogP contribution in [0.1, 0.15) is 53.0 Å². The number of nitrogens with zero attached hydrogens (tertiary/aromatic N) is 3. The molecule has 2 aliphatic heterocycles. The zero-order valence-electron chi connectivity index (χ0n) is 24.0. The number of aromatic carboxylic acids is 1. The molecule has 3 heterocycles. The van der Waals surface area contributed by atoms with E-state index in [9.17, 15) is 9.90 Å². The Labute approximate surface area is 254 Å². The fourth-order valence-corrected chi connectivity index (χ4v) is 6.18. The van der Waals surface area contributed by atoms with E-state index in [0.29, 0.717) is 30.6 Å². The lowest BCUT2D eigenvalue weighted by Gasteiger charge is -2.32. The maximum atomic E-state index is 11.5. The molecule has 2 N–H and O–H groups in total. The molecular weight excluding hydrogens is 574 g/mol. The summed E-state index contributed by atoms with van der Waals surface area (Å²) in [7, 11) is 1.67. The molecule has 0 saturated carbocycles. The first kappa shape index (κ1) is 30.3. The number of fused-ring (bicyclic) bond motifs is 2. The summed E-state index contributed by atoms with van der Waals surface area (Å²) in [4.78, 5) is 27.2. The second kappa shape index (κ2) is 13.0. The molecule has 2 aliphatic rings. The Hall–Kier alpha value is -4.12. The van der Waals surface area contributed by atoms with Gasteiger partial charge >= 0.3 is 5.97 Å². The van der Waals surface area contributed by atoms with Gasteiger partial charge in [-0.15, -0.1) is 0 Å². The largest absolute Gasteiger partial charge is 0.483 e. The van der Waals surface area contributed by atoms with Gasteiger partial charge in [0.2, 0.25) is 0 Å². The first-order valence-electron chi connectivity index (χ1n) is 14.1. The minimum Gasteiger partial charge on any atom is -0.483 e. The molecule has 226 valence electrons. The second-order valence-corrected chi connectivity index (χ2v) is 11.0. The molecule has 0 bridgehead atoms. The molecular formula is C32H34ClN3O7. The number of ether oxygens (including phenoxy) is 3. The average Bonchev–Trinajstić information content (AvgIpc) is 3.53. The van der Waals surface area contributed by atoms with E-state index in [2.05, 4.69) is 15.5 Å². The van der Waals surface area contributed by atoms with E-state index in [1.807, 2.05) is 43.3 Å². The van der Waals surface area contributed by atoms with Crippen LogP contribution in [0, 0.1) is 0 Å². The normalized spacial score (nSPS) is 18.3. The third kappa shape index (κ3) is 6.31. The molecule has 1 fully saturated rings. The van der Waals surface area contributed by atoms with Crippen LogP contribution in [0.25, 0.3) is 11.0 Å². The zero-order chi connectivity index (χ0) is 30.6. The number of likely N-dealkylation sites (tertiary alicyclic amines) is 1. The topological polar surface area (TPSA) is 123 Å². The molecule has 11 heteroatoms. The number of carbonyl (C=O) groups is 2. The van der Waals surface area contributed by atoms with Gasteiger partial charge in [0, 0.05) is 26.1 Å². The number of aromatic nitrogens is 2. The van der Waals surface area contributed by atoms with Gasteiger partial charge in [-0.3, -0.25) is 9.69 Å². The van der Waals surface area contributed by atoms with E-state index in [1.165, 1.54) is 5.56 Å². The van der Waals surface area contributed by atoms with E-state index in [4.69, 9.17) is 40.7 Å². The number of hydrogen-bond acceptors (Lipinski definition) is 7. The fourth-order valence-electron chi connectivity index (χ4n) is 5.87. The van der Waals surface area contributed by atoms with Gasteiger partial charge in [-0.05, 0) is 68.2 Å². The quantitative estimate of drug-likeness (QED) is 0.241. The Bertz CT molecular complexity index is 1620. The number of rotatable bonds is 8. The fraction of sp³-hybridized carbons (Fsp3) is 0.344. The minimum absolute atomic E-state index is 0.250. The molecule has 43 heavy (non-hydrogen) atoms. The van der Waals surface area contributed by atoms with Crippen LogP contribution in [0.2, 0.25) is 5.02 Å². The molecule has 1 saturated heterocycles. The predicted molar refractivity (Wildman–Crippen MR) is 161 cm³/mol. The SMILES string of the molecule is COCCn1c(CN2CCC(c3cccc4c3OC(C)(c3ccccc3Cl)O4)CC2)nc2ccc(C(=O)O)cc21.O=CO. The highest BCUT2D eigenvalue weighted by molar-refractivity contribution is 6.31. The maximum absolute atomic E-state index is 11.5. The smallest absolute Gasteiger partial charge is 0.335 e. The highest BCUT2D eigenvalue weighted by Crippen LogP contribution is 2.50. The number of hydrogen-bond donors (Lipinski definition) is 2. The van der Waals surface area contributed by atoms with Crippen molar-refractivity contribution in [2.45, 2.75) is 44.6 Å². The lowest BCUT2D eigenvalue weighted by Crippen LogP contribution is -2.34. The van der Waals surface area contributed by atoms with E-state index in [1.54, 1.807) is 25.3 Å². The van der Waals surface area contributed by atoms with Crippen LogP contribution in [-0.4, -0.2) is 63.9 Å². The van der Waals surface area contributed by atoms with Crippen LogP contribution in [-0.2, 0) is 28.4 Å². The summed E-state index contributed by atoms with van der Waals surface area (Å²) in [5.41, 5.74) is 3.84. The van der Waals surface area contributed by atoms with E-state index < -0.39 is 11.8 Å². The molecule has 0 aliphatic carbocycles. The summed E-state index contributed by atoms with van der Waals surface area (Å²) in [6.07, 6.45) is 1.95. The van der Waals surface area contributed by atoms with Crippen LogP contribution in [0.5, 0.6) is 11.5 Å². The highest BCUT2D eigenvalue weighted by Gasteiger charge is 2.42.